The van der Waals surface area contributed by atoms with Gasteiger partial charge in [-0.05, 0) is 99.2 Å². The van der Waals surface area contributed by atoms with Crippen molar-refractivity contribution in [3.8, 4) is 0 Å². The average Bonchev–Trinajstić information content (AvgIpc) is 3.37. The summed E-state index contributed by atoms with van der Waals surface area (Å²) in [6, 6.07) is 19.4. The third-order valence-corrected chi connectivity index (χ3v) is 7.72. The van der Waals surface area contributed by atoms with Crippen LogP contribution in [0.4, 0.5) is 0 Å². The lowest BCUT2D eigenvalue weighted by molar-refractivity contribution is -0.151. The highest BCUT2D eigenvalue weighted by Gasteiger charge is 2.43. The molecule has 3 unspecified atom stereocenters. The molecule has 0 aliphatic heterocycles. The molecule has 5 heteroatoms. The van der Waals surface area contributed by atoms with Crippen LogP contribution in [-0.2, 0) is 16.0 Å². The Balaban J connectivity index is 1.65. The summed E-state index contributed by atoms with van der Waals surface area (Å²) in [5.41, 5.74) is 6.39. The molecule has 4 aromatic rings. The first-order valence-corrected chi connectivity index (χ1v) is 13.8. The fourth-order valence-corrected chi connectivity index (χ4v) is 5.74. The molecule has 0 saturated carbocycles. The number of esters is 1. The molecule has 0 spiro atoms. The van der Waals surface area contributed by atoms with Gasteiger partial charge in [0.25, 0.3) is 0 Å². The molecule has 3 atom stereocenters. The fourth-order valence-electron chi connectivity index (χ4n) is 5.74. The number of aromatic amines is 1. The highest BCUT2D eigenvalue weighted by Crippen LogP contribution is 2.35. The molecule has 0 amide bonds. The van der Waals surface area contributed by atoms with E-state index in [4.69, 9.17) is 4.74 Å². The molecule has 2 aromatic heterocycles. The minimum Gasteiger partial charge on any atom is -0.465 e. The predicted octanol–water partition coefficient (Wildman–Crippen LogP) is 7.00. The number of nitrogens with one attached hydrogen (secondary N) is 2. The van der Waals surface area contributed by atoms with Crippen LogP contribution in [0.3, 0.4) is 0 Å². The quantitative estimate of drug-likeness (QED) is 0.201. The number of aryl methyl sites for hydroxylation is 3. The van der Waals surface area contributed by atoms with E-state index >= 15 is 0 Å². The van der Waals surface area contributed by atoms with E-state index in [1.54, 1.807) is 0 Å². The molecule has 38 heavy (non-hydrogen) atoms. The summed E-state index contributed by atoms with van der Waals surface area (Å²) in [6.45, 7) is 11.4. The van der Waals surface area contributed by atoms with Gasteiger partial charge in [0.05, 0.1) is 6.61 Å². The third-order valence-electron chi connectivity index (χ3n) is 7.72. The van der Waals surface area contributed by atoms with Gasteiger partial charge in [0, 0.05) is 36.6 Å². The van der Waals surface area contributed by atoms with E-state index in [-0.39, 0.29) is 17.8 Å². The molecule has 0 fully saturated rings. The molecule has 4 rings (SSSR count). The number of ether oxygens (including phenoxy) is 1. The van der Waals surface area contributed by atoms with Gasteiger partial charge in [0.1, 0.15) is 5.54 Å². The molecular weight excluding hydrogens is 470 g/mol. The summed E-state index contributed by atoms with van der Waals surface area (Å²) >= 11 is 0. The highest BCUT2D eigenvalue weighted by molar-refractivity contribution is 5.84. The van der Waals surface area contributed by atoms with E-state index in [1.165, 1.54) is 22.3 Å². The van der Waals surface area contributed by atoms with Crippen molar-refractivity contribution in [2.75, 3.05) is 13.2 Å². The number of hydrogen-bond donors (Lipinski definition) is 2. The van der Waals surface area contributed by atoms with Crippen molar-refractivity contribution < 1.29 is 9.53 Å². The maximum atomic E-state index is 13.6. The Morgan fingerprint density at radius 3 is 2.53 bits per heavy atom. The van der Waals surface area contributed by atoms with Crippen LogP contribution >= 0.6 is 0 Å². The van der Waals surface area contributed by atoms with Gasteiger partial charge in [0.2, 0.25) is 0 Å². The van der Waals surface area contributed by atoms with Crippen LogP contribution < -0.4 is 5.32 Å². The van der Waals surface area contributed by atoms with Crippen molar-refractivity contribution in [2.24, 2.45) is 0 Å². The van der Waals surface area contributed by atoms with Gasteiger partial charge < -0.3 is 15.0 Å². The summed E-state index contributed by atoms with van der Waals surface area (Å²) in [5.74, 6) is -0.0151. The monoisotopic (exact) mass is 511 g/mol. The van der Waals surface area contributed by atoms with E-state index in [0.717, 1.165) is 35.7 Å². The Hall–Kier alpha value is -3.44. The maximum Gasteiger partial charge on any atom is 0.326 e. The number of pyridine rings is 1. The second kappa shape index (κ2) is 12.4. The van der Waals surface area contributed by atoms with Gasteiger partial charge in [-0.2, -0.15) is 0 Å². The zero-order valence-electron chi connectivity index (χ0n) is 23.4. The number of nitrogens with zero attached hydrogens (tertiary/aromatic N) is 1. The maximum absolute atomic E-state index is 13.6. The smallest absolute Gasteiger partial charge is 0.326 e. The highest BCUT2D eigenvalue weighted by atomic mass is 16.5. The second-order valence-electron chi connectivity index (χ2n) is 10.6. The standard InChI is InChI=1S/C33H41N3O2/c1-6-30(26-12-13-31-27(20-26)14-16-35-31)33(5,32(37)38-7-2)36-22-28(11-10-25-9-8-15-34-21-25)29-18-23(3)17-24(4)19-29/h8-9,12-21,28,30,35-36H,6-7,10-11,22H2,1-5H3. The zero-order valence-corrected chi connectivity index (χ0v) is 23.4. The molecule has 0 saturated heterocycles. The Kier molecular flexibility index (Phi) is 9.01. The largest absolute Gasteiger partial charge is 0.465 e. The van der Waals surface area contributed by atoms with Gasteiger partial charge in [-0.15, -0.1) is 0 Å². The second-order valence-corrected chi connectivity index (χ2v) is 10.6. The van der Waals surface area contributed by atoms with E-state index in [0.29, 0.717) is 13.2 Å². The molecule has 0 radical (unpaired) electrons. The first kappa shape index (κ1) is 27.6. The third kappa shape index (κ3) is 6.33. The van der Waals surface area contributed by atoms with Crippen LogP contribution in [0.25, 0.3) is 10.9 Å². The Labute approximate surface area is 227 Å². The number of rotatable bonds is 12. The molecule has 2 N–H and O–H groups in total. The first-order chi connectivity index (χ1) is 18.3. The lowest BCUT2D eigenvalue weighted by atomic mass is 9.77. The Morgan fingerprint density at radius 2 is 1.84 bits per heavy atom. The lowest BCUT2D eigenvalue weighted by Gasteiger charge is -2.37. The van der Waals surface area contributed by atoms with E-state index in [2.05, 4.69) is 84.6 Å². The van der Waals surface area contributed by atoms with Crippen LogP contribution in [0.1, 0.15) is 73.3 Å². The normalized spacial score (nSPS) is 14.7. The van der Waals surface area contributed by atoms with Crippen molar-refractivity contribution >= 4 is 16.9 Å². The average molecular weight is 512 g/mol. The number of carbonyl (C=O) groups excluding carboxylic acids is 1. The van der Waals surface area contributed by atoms with Gasteiger partial charge in [-0.25, -0.2) is 0 Å². The summed E-state index contributed by atoms with van der Waals surface area (Å²) in [6.07, 6.45) is 8.39. The lowest BCUT2D eigenvalue weighted by Crippen LogP contribution is -2.55. The number of H-pyrrole nitrogens is 1. The van der Waals surface area contributed by atoms with E-state index in [1.807, 2.05) is 38.5 Å². The summed E-state index contributed by atoms with van der Waals surface area (Å²) in [4.78, 5) is 21.2. The number of fused-ring (bicyclic) bond motifs is 1. The van der Waals surface area contributed by atoms with Gasteiger partial charge in [0.15, 0.2) is 0 Å². The molecule has 2 heterocycles. The van der Waals surface area contributed by atoms with Gasteiger partial charge in [-0.3, -0.25) is 9.78 Å². The number of hydrogen-bond acceptors (Lipinski definition) is 4. The van der Waals surface area contributed by atoms with Crippen LogP contribution in [0, 0.1) is 13.8 Å². The minimum absolute atomic E-state index is 0.0425. The molecular formula is C33H41N3O2. The van der Waals surface area contributed by atoms with Crippen molar-refractivity contribution in [2.45, 2.75) is 71.3 Å². The van der Waals surface area contributed by atoms with E-state index in [9.17, 15) is 4.79 Å². The molecule has 5 nitrogen and oxygen atoms in total. The number of carbonyl (C=O) groups is 1. The summed E-state index contributed by atoms with van der Waals surface area (Å²) in [5, 5.41) is 4.90. The molecule has 0 aliphatic carbocycles. The number of benzene rings is 2. The van der Waals surface area contributed by atoms with E-state index < -0.39 is 5.54 Å². The van der Waals surface area contributed by atoms with Crippen LogP contribution in [0.5, 0.6) is 0 Å². The van der Waals surface area contributed by atoms with Crippen molar-refractivity contribution in [3.63, 3.8) is 0 Å². The fraction of sp³-hybridized carbons (Fsp3) is 0.394. The Morgan fingerprint density at radius 1 is 1.05 bits per heavy atom. The minimum atomic E-state index is -0.875. The molecule has 200 valence electrons. The SMILES string of the molecule is CCOC(=O)C(C)(NCC(CCc1cccnc1)c1cc(C)cc(C)c1)C(CC)c1ccc2[nH]ccc2c1. The van der Waals surface area contributed by atoms with Crippen molar-refractivity contribution in [1.82, 2.24) is 15.3 Å². The zero-order chi connectivity index (χ0) is 27.1. The predicted molar refractivity (Wildman–Crippen MR) is 156 cm³/mol. The number of aromatic nitrogens is 2. The summed E-state index contributed by atoms with van der Waals surface area (Å²) < 4.78 is 5.67. The topological polar surface area (TPSA) is 67.0 Å². The van der Waals surface area contributed by atoms with Crippen LogP contribution in [-0.4, -0.2) is 34.6 Å². The summed E-state index contributed by atoms with van der Waals surface area (Å²) in [7, 11) is 0. The van der Waals surface area contributed by atoms with Crippen LogP contribution in [0.2, 0.25) is 0 Å². The molecule has 0 bridgehead atoms. The van der Waals surface area contributed by atoms with Crippen LogP contribution in [0.15, 0.2) is 73.2 Å². The van der Waals surface area contributed by atoms with Gasteiger partial charge >= 0.3 is 5.97 Å². The van der Waals surface area contributed by atoms with Gasteiger partial charge in [-0.1, -0.05) is 48.4 Å². The van der Waals surface area contributed by atoms with Crippen molar-refractivity contribution in [1.29, 1.82) is 0 Å². The Bertz CT molecular complexity index is 1330. The molecule has 0 aliphatic rings. The van der Waals surface area contributed by atoms with Crippen molar-refractivity contribution in [3.05, 3.63) is 101 Å². The molecule has 2 aromatic carbocycles. The first-order valence-electron chi connectivity index (χ1n) is 13.8.